The van der Waals surface area contributed by atoms with E-state index in [0.717, 1.165) is 29.9 Å². The number of amides is 1. The molecule has 2 aromatic rings. The second kappa shape index (κ2) is 8.63. The summed E-state index contributed by atoms with van der Waals surface area (Å²) >= 11 is 0. The number of benzene rings is 2. The summed E-state index contributed by atoms with van der Waals surface area (Å²) in [6.45, 7) is 6.77. The highest BCUT2D eigenvalue weighted by molar-refractivity contribution is 5.82. The molecule has 0 bridgehead atoms. The van der Waals surface area contributed by atoms with Gasteiger partial charge in [-0.15, -0.1) is 0 Å². The first-order valence-electron chi connectivity index (χ1n) is 10.6. The van der Waals surface area contributed by atoms with Crippen molar-refractivity contribution in [2.45, 2.75) is 38.9 Å². The predicted molar refractivity (Wildman–Crippen MR) is 116 cm³/mol. The lowest BCUT2D eigenvalue weighted by Gasteiger charge is -2.49. The van der Waals surface area contributed by atoms with Crippen molar-refractivity contribution in [1.82, 2.24) is 10.2 Å². The summed E-state index contributed by atoms with van der Waals surface area (Å²) < 4.78 is 13.2. The van der Waals surface area contributed by atoms with Crippen LogP contribution in [-0.4, -0.2) is 47.4 Å². The molecule has 2 aromatic carbocycles. The first-order valence-corrected chi connectivity index (χ1v) is 10.6. The van der Waals surface area contributed by atoms with E-state index in [9.17, 15) is 19.3 Å². The Balaban J connectivity index is 1.61. The van der Waals surface area contributed by atoms with Crippen molar-refractivity contribution in [3.8, 4) is 0 Å². The van der Waals surface area contributed by atoms with E-state index in [1.807, 2.05) is 19.9 Å². The Morgan fingerprint density at radius 1 is 1.23 bits per heavy atom. The minimum Gasteiger partial charge on any atom is -0.365 e. The van der Waals surface area contributed by atoms with Crippen LogP contribution in [0, 0.1) is 21.8 Å². The topological polar surface area (TPSA) is 78.7 Å². The summed E-state index contributed by atoms with van der Waals surface area (Å²) in [5.41, 5.74) is 2.91. The van der Waals surface area contributed by atoms with Crippen LogP contribution in [-0.2, 0) is 17.8 Å². The first kappa shape index (κ1) is 21.2. The second-order valence-corrected chi connectivity index (χ2v) is 8.67. The van der Waals surface area contributed by atoms with Crippen LogP contribution in [0.2, 0.25) is 0 Å². The minimum absolute atomic E-state index is 0.0198. The van der Waals surface area contributed by atoms with Crippen molar-refractivity contribution in [3.05, 3.63) is 69.5 Å². The SMILES string of the molecule is CC(C)NC(=O)C1Cc2cc([N+](=O)[O-])ccc2N2CCN(Cc3ccc(F)cc3)CC12. The van der Waals surface area contributed by atoms with Gasteiger partial charge in [0, 0.05) is 50.0 Å². The molecule has 8 heteroatoms. The zero-order chi connectivity index (χ0) is 22.1. The molecule has 164 valence electrons. The van der Waals surface area contributed by atoms with Gasteiger partial charge in [0.15, 0.2) is 0 Å². The molecule has 2 heterocycles. The van der Waals surface area contributed by atoms with Crippen LogP contribution in [0.1, 0.15) is 25.0 Å². The van der Waals surface area contributed by atoms with Crippen LogP contribution >= 0.6 is 0 Å². The lowest BCUT2D eigenvalue weighted by molar-refractivity contribution is -0.384. The number of hydrogen-bond acceptors (Lipinski definition) is 5. The minimum atomic E-state index is -0.393. The molecule has 1 saturated heterocycles. The average Bonchev–Trinajstić information content (AvgIpc) is 2.73. The normalized spacial score (nSPS) is 20.8. The van der Waals surface area contributed by atoms with Crippen molar-refractivity contribution in [2.75, 3.05) is 24.5 Å². The lowest BCUT2D eigenvalue weighted by atomic mass is 9.83. The van der Waals surface area contributed by atoms with Crippen molar-refractivity contribution < 1.29 is 14.1 Å². The predicted octanol–water partition coefficient (Wildman–Crippen LogP) is 3.12. The van der Waals surface area contributed by atoms with Gasteiger partial charge in [0.1, 0.15) is 5.82 Å². The number of nitro groups is 1. The monoisotopic (exact) mass is 426 g/mol. The van der Waals surface area contributed by atoms with Crippen LogP contribution in [0.15, 0.2) is 42.5 Å². The molecule has 1 fully saturated rings. The third-order valence-electron chi connectivity index (χ3n) is 6.08. The number of carbonyl (C=O) groups is 1. The number of nitrogens with one attached hydrogen (secondary N) is 1. The van der Waals surface area contributed by atoms with Gasteiger partial charge in [0.25, 0.3) is 5.69 Å². The highest BCUT2D eigenvalue weighted by Gasteiger charge is 2.42. The van der Waals surface area contributed by atoms with Crippen LogP contribution in [0.25, 0.3) is 0 Å². The molecule has 4 rings (SSSR count). The Morgan fingerprint density at radius 3 is 2.65 bits per heavy atom. The molecule has 7 nitrogen and oxygen atoms in total. The summed E-state index contributed by atoms with van der Waals surface area (Å²) in [7, 11) is 0. The van der Waals surface area contributed by atoms with Gasteiger partial charge in [-0.1, -0.05) is 12.1 Å². The summed E-state index contributed by atoms with van der Waals surface area (Å²) in [4.78, 5) is 28.4. The van der Waals surface area contributed by atoms with Gasteiger partial charge in [-0.2, -0.15) is 0 Å². The van der Waals surface area contributed by atoms with Gasteiger partial charge in [0.2, 0.25) is 5.91 Å². The number of halogens is 1. The number of anilines is 1. The quantitative estimate of drug-likeness (QED) is 0.587. The maximum Gasteiger partial charge on any atom is 0.269 e. The van der Waals surface area contributed by atoms with Crippen molar-refractivity contribution >= 4 is 17.3 Å². The fourth-order valence-corrected chi connectivity index (χ4v) is 4.67. The van der Waals surface area contributed by atoms with Gasteiger partial charge < -0.3 is 10.2 Å². The molecule has 2 atom stereocenters. The van der Waals surface area contributed by atoms with Crippen LogP contribution in [0.4, 0.5) is 15.8 Å². The summed E-state index contributed by atoms with van der Waals surface area (Å²) in [5, 5.41) is 14.3. The summed E-state index contributed by atoms with van der Waals surface area (Å²) in [6.07, 6.45) is 0.473. The molecule has 1 amide bonds. The molecule has 0 saturated carbocycles. The van der Waals surface area contributed by atoms with Gasteiger partial charge in [-0.05, 0) is 49.6 Å². The van der Waals surface area contributed by atoms with Crippen molar-refractivity contribution in [1.29, 1.82) is 0 Å². The molecular weight excluding hydrogens is 399 g/mol. The van der Waals surface area contributed by atoms with E-state index >= 15 is 0 Å². The van der Waals surface area contributed by atoms with E-state index in [1.54, 1.807) is 18.2 Å². The standard InChI is InChI=1S/C23H27FN4O3/c1-15(2)25-23(29)20-12-17-11-19(28(30)31)7-8-21(17)27-10-9-26(14-22(20)27)13-16-3-5-18(24)6-4-16/h3-8,11,15,20,22H,9-10,12-14H2,1-2H3,(H,25,29). The fourth-order valence-electron chi connectivity index (χ4n) is 4.67. The summed E-state index contributed by atoms with van der Waals surface area (Å²) in [6, 6.07) is 11.5. The molecule has 0 spiro atoms. The number of hydrogen-bond donors (Lipinski definition) is 1. The molecule has 0 radical (unpaired) electrons. The van der Waals surface area contributed by atoms with E-state index in [-0.39, 0.29) is 35.4 Å². The Hall–Kier alpha value is -3.00. The number of nitro benzene ring substituents is 1. The van der Waals surface area contributed by atoms with E-state index < -0.39 is 4.92 Å². The first-order chi connectivity index (χ1) is 14.8. The third kappa shape index (κ3) is 4.54. The van der Waals surface area contributed by atoms with E-state index in [2.05, 4.69) is 15.1 Å². The van der Waals surface area contributed by atoms with Gasteiger partial charge >= 0.3 is 0 Å². The zero-order valence-electron chi connectivity index (χ0n) is 17.8. The fraction of sp³-hybridized carbons (Fsp3) is 0.435. The maximum atomic E-state index is 13.2. The largest absolute Gasteiger partial charge is 0.365 e. The van der Waals surface area contributed by atoms with E-state index in [4.69, 9.17) is 0 Å². The van der Waals surface area contributed by atoms with Gasteiger partial charge in [-0.3, -0.25) is 19.8 Å². The highest BCUT2D eigenvalue weighted by Crippen LogP contribution is 2.38. The molecular formula is C23H27FN4O3. The zero-order valence-corrected chi connectivity index (χ0v) is 17.8. The second-order valence-electron chi connectivity index (χ2n) is 8.67. The highest BCUT2D eigenvalue weighted by atomic mass is 19.1. The number of nitrogens with zero attached hydrogens (tertiary/aromatic N) is 3. The number of rotatable bonds is 5. The van der Waals surface area contributed by atoms with E-state index in [0.29, 0.717) is 19.5 Å². The Labute approximate surface area is 181 Å². The third-order valence-corrected chi connectivity index (χ3v) is 6.08. The Morgan fingerprint density at radius 2 is 1.97 bits per heavy atom. The average molecular weight is 426 g/mol. The smallest absolute Gasteiger partial charge is 0.269 e. The number of fused-ring (bicyclic) bond motifs is 3. The van der Waals surface area contributed by atoms with Gasteiger partial charge in [-0.25, -0.2) is 4.39 Å². The number of piperazine rings is 1. The Kier molecular flexibility index (Phi) is 5.91. The molecule has 31 heavy (non-hydrogen) atoms. The molecule has 0 aromatic heterocycles. The van der Waals surface area contributed by atoms with Crippen molar-refractivity contribution in [3.63, 3.8) is 0 Å². The van der Waals surface area contributed by atoms with E-state index in [1.165, 1.54) is 18.2 Å². The van der Waals surface area contributed by atoms with Crippen molar-refractivity contribution in [2.24, 2.45) is 5.92 Å². The number of non-ortho nitro benzene ring substituents is 1. The molecule has 1 N–H and O–H groups in total. The maximum absolute atomic E-state index is 13.2. The lowest BCUT2D eigenvalue weighted by Crippen LogP contribution is -2.61. The number of carbonyl (C=O) groups excluding carboxylic acids is 1. The molecule has 2 aliphatic rings. The molecule has 2 unspecified atom stereocenters. The summed E-state index contributed by atoms with van der Waals surface area (Å²) in [5.74, 6) is -0.573. The molecule has 0 aliphatic carbocycles. The molecule has 2 aliphatic heterocycles. The Bertz CT molecular complexity index is 979. The van der Waals surface area contributed by atoms with Crippen LogP contribution in [0.5, 0.6) is 0 Å². The van der Waals surface area contributed by atoms with Crippen LogP contribution in [0.3, 0.4) is 0 Å². The van der Waals surface area contributed by atoms with Crippen LogP contribution < -0.4 is 10.2 Å². The van der Waals surface area contributed by atoms with Gasteiger partial charge in [0.05, 0.1) is 16.9 Å².